The van der Waals surface area contributed by atoms with Crippen LogP contribution in [0.4, 0.5) is 0 Å². The summed E-state index contributed by atoms with van der Waals surface area (Å²) in [5, 5.41) is 1.56. The Balaban J connectivity index is 2.10. The smallest absolute Gasteiger partial charge is 0.340 e. The molecule has 2 aromatic heterocycles. The summed E-state index contributed by atoms with van der Waals surface area (Å²) in [5.74, 6) is -0.797. The number of rotatable bonds is 4. The summed E-state index contributed by atoms with van der Waals surface area (Å²) in [5.41, 5.74) is -0.225. The van der Waals surface area contributed by atoms with Crippen LogP contribution in [0.15, 0.2) is 45.3 Å². The minimum atomic E-state index is -1.76. The number of aromatic nitrogens is 2. The molecule has 0 N–H and O–H groups in total. The lowest BCUT2D eigenvalue weighted by Gasteiger charge is -2.11. The van der Waals surface area contributed by atoms with Crippen molar-refractivity contribution in [2.75, 3.05) is 6.61 Å². The van der Waals surface area contributed by atoms with E-state index >= 15 is 0 Å². The van der Waals surface area contributed by atoms with Gasteiger partial charge in [-0.25, -0.2) is 9.59 Å². The normalized spacial score (nSPS) is 11.7. The van der Waals surface area contributed by atoms with Gasteiger partial charge in [0.15, 0.2) is 0 Å². The first-order valence-electron chi connectivity index (χ1n) is 7.68. The summed E-state index contributed by atoms with van der Waals surface area (Å²) in [7, 11) is 1.54. The Labute approximate surface area is 172 Å². The molecule has 0 bridgehead atoms. The van der Waals surface area contributed by atoms with Gasteiger partial charge in [-0.2, -0.15) is 0 Å². The van der Waals surface area contributed by atoms with Gasteiger partial charge in [-0.15, -0.1) is 11.3 Å². The van der Waals surface area contributed by atoms with Crippen LogP contribution in [-0.2, 0) is 18.3 Å². The van der Waals surface area contributed by atoms with E-state index < -0.39 is 27.6 Å². The minimum Gasteiger partial charge on any atom is -0.457 e. The number of fused-ring (bicyclic) bond motifs is 1. The molecule has 10 heteroatoms. The third kappa shape index (κ3) is 4.21. The molecule has 0 aliphatic heterocycles. The van der Waals surface area contributed by atoms with Gasteiger partial charge in [-0.05, 0) is 5.56 Å². The highest BCUT2D eigenvalue weighted by Crippen LogP contribution is 2.28. The van der Waals surface area contributed by atoms with E-state index in [4.69, 9.17) is 39.5 Å². The topological polar surface area (TPSA) is 70.3 Å². The van der Waals surface area contributed by atoms with Crippen LogP contribution in [0.1, 0.15) is 15.9 Å². The molecule has 0 aliphatic carbocycles. The van der Waals surface area contributed by atoms with Crippen LogP contribution in [-0.4, -0.2) is 25.5 Å². The molecule has 3 rings (SSSR count). The molecule has 0 fully saturated rings. The van der Waals surface area contributed by atoms with Crippen LogP contribution in [0.3, 0.4) is 0 Å². The molecule has 6 nitrogen and oxygen atoms in total. The Morgan fingerprint density at radius 2 is 1.85 bits per heavy atom. The van der Waals surface area contributed by atoms with E-state index in [0.717, 1.165) is 21.5 Å². The average Bonchev–Trinajstić information content (AvgIpc) is 3.07. The first-order chi connectivity index (χ1) is 12.7. The van der Waals surface area contributed by atoms with E-state index in [1.54, 1.807) is 19.2 Å². The van der Waals surface area contributed by atoms with E-state index in [1.165, 1.54) is 9.95 Å². The number of esters is 1. The summed E-state index contributed by atoms with van der Waals surface area (Å²) < 4.78 is 5.63. The SMILES string of the molecule is Cn1c(=O)n(Cc2ccccc2)c(=O)c2c(C(=O)OCC(Cl)(Cl)Cl)csc21. The summed E-state index contributed by atoms with van der Waals surface area (Å²) in [4.78, 5) is 38.3. The molecule has 0 saturated carbocycles. The van der Waals surface area contributed by atoms with E-state index in [9.17, 15) is 14.4 Å². The van der Waals surface area contributed by atoms with Crippen molar-refractivity contribution in [1.29, 1.82) is 0 Å². The van der Waals surface area contributed by atoms with E-state index in [0.29, 0.717) is 4.83 Å². The maximum Gasteiger partial charge on any atom is 0.340 e. The third-order valence-electron chi connectivity index (χ3n) is 3.82. The van der Waals surface area contributed by atoms with Crippen LogP contribution in [0, 0.1) is 0 Å². The number of halogens is 3. The zero-order valence-electron chi connectivity index (χ0n) is 13.9. The maximum absolute atomic E-state index is 13.0. The zero-order chi connectivity index (χ0) is 19.8. The highest BCUT2D eigenvalue weighted by molar-refractivity contribution is 7.17. The number of aryl methyl sites for hydroxylation is 1. The van der Waals surface area contributed by atoms with Crippen LogP contribution < -0.4 is 11.2 Å². The van der Waals surface area contributed by atoms with Gasteiger partial charge in [0.2, 0.25) is 3.79 Å². The Bertz CT molecular complexity index is 1110. The summed E-state index contributed by atoms with van der Waals surface area (Å²) in [6, 6.07) is 9.08. The lowest BCUT2D eigenvalue weighted by Crippen LogP contribution is -2.39. The first kappa shape index (κ1) is 19.9. The fraction of sp³-hybridized carbons (Fsp3) is 0.235. The van der Waals surface area contributed by atoms with Crippen molar-refractivity contribution < 1.29 is 9.53 Å². The summed E-state index contributed by atoms with van der Waals surface area (Å²) in [6.07, 6.45) is 0. The average molecular weight is 448 g/mol. The molecule has 0 unspecified atom stereocenters. The molecule has 0 spiro atoms. The lowest BCUT2D eigenvalue weighted by atomic mass is 10.2. The second-order valence-electron chi connectivity index (χ2n) is 5.74. The third-order valence-corrected chi connectivity index (χ3v) is 5.21. The molecule has 27 heavy (non-hydrogen) atoms. The zero-order valence-corrected chi connectivity index (χ0v) is 17.0. The first-order valence-corrected chi connectivity index (χ1v) is 9.69. The second-order valence-corrected chi connectivity index (χ2v) is 9.11. The Morgan fingerprint density at radius 3 is 2.48 bits per heavy atom. The minimum absolute atomic E-state index is 0.0339. The molecule has 0 radical (unpaired) electrons. The van der Waals surface area contributed by atoms with Gasteiger partial charge >= 0.3 is 11.7 Å². The number of ether oxygens (including phenoxy) is 1. The van der Waals surface area contributed by atoms with Gasteiger partial charge in [0, 0.05) is 12.4 Å². The summed E-state index contributed by atoms with van der Waals surface area (Å²) in [6.45, 7) is -0.376. The van der Waals surface area contributed by atoms with Gasteiger partial charge < -0.3 is 4.74 Å². The van der Waals surface area contributed by atoms with Gasteiger partial charge in [0.1, 0.15) is 11.4 Å². The van der Waals surface area contributed by atoms with Gasteiger partial charge in [-0.3, -0.25) is 13.9 Å². The van der Waals surface area contributed by atoms with Crippen molar-refractivity contribution in [2.24, 2.45) is 7.05 Å². The Hall–Kier alpha value is -1.80. The van der Waals surface area contributed by atoms with E-state index in [2.05, 4.69) is 0 Å². The van der Waals surface area contributed by atoms with Crippen molar-refractivity contribution in [2.45, 2.75) is 10.3 Å². The molecular formula is C17H13Cl3N2O4S. The lowest BCUT2D eigenvalue weighted by molar-refractivity contribution is 0.0515. The van der Waals surface area contributed by atoms with Crippen molar-refractivity contribution >= 4 is 62.3 Å². The van der Waals surface area contributed by atoms with Gasteiger partial charge in [0.25, 0.3) is 5.56 Å². The van der Waals surface area contributed by atoms with Crippen LogP contribution in [0.2, 0.25) is 0 Å². The number of hydrogen-bond donors (Lipinski definition) is 0. The van der Waals surface area contributed by atoms with Crippen molar-refractivity contribution in [3.05, 3.63) is 67.7 Å². The number of carbonyl (C=O) groups excluding carboxylic acids is 1. The molecule has 0 aliphatic rings. The number of hydrogen-bond acceptors (Lipinski definition) is 5. The number of nitrogens with zero attached hydrogens (tertiary/aromatic N) is 2. The van der Waals surface area contributed by atoms with E-state index in [1.807, 2.05) is 18.2 Å². The number of carbonyl (C=O) groups is 1. The number of benzene rings is 1. The molecule has 1 aromatic carbocycles. The molecule has 0 atom stereocenters. The molecular weight excluding hydrogens is 435 g/mol. The molecule has 3 aromatic rings. The fourth-order valence-electron chi connectivity index (χ4n) is 2.57. The highest BCUT2D eigenvalue weighted by atomic mass is 35.6. The number of alkyl halides is 3. The van der Waals surface area contributed by atoms with Crippen molar-refractivity contribution in [3.8, 4) is 0 Å². The van der Waals surface area contributed by atoms with Crippen LogP contribution in [0.25, 0.3) is 10.2 Å². The predicted molar refractivity (Wildman–Crippen MR) is 107 cm³/mol. The second kappa shape index (κ2) is 7.67. The van der Waals surface area contributed by atoms with Gasteiger partial charge in [0.05, 0.1) is 17.5 Å². The molecule has 0 amide bonds. The quantitative estimate of drug-likeness (QED) is 0.454. The fourth-order valence-corrected chi connectivity index (χ4v) is 3.73. The Kier molecular flexibility index (Phi) is 5.67. The van der Waals surface area contributed by atoms with Crippen LogP contribution in [0.5, 0.6) is 0 Å². The van der Waals surface area contributed by atoms with E-state index in [-0.39, 0.29) is 17.5 Å². The Morgan fingerprint density at radius 1 is 1.19 bits per heavy atom. The van der Waals surface area contributed by atoms with Gasteiger partial charge in [-0.1, -0.05) is 65.1 Å². The monoisotopic (exact) mass is 446 g/mol. The molecule has 2 heterocycles. The van der Waals surface area contributed by atoms with Crippen LogP contribution >= 0.6 is 46.1 Å². The summed E-state index contributed by atoms with van der Waals surface area (Å²) >= 11 is 17.9. The highest BCUT2D eigenvalue weighted by Gasteiger charge is 2.26. The standard InChI is InChI=1S/C17H13Cl3N2O4S/c1-21-14-12(11(8-27-14)15(24)26-9-17(18,19)20)13(23)22(16(21)25)7-10-5-3-2-4-6-10/h2-6,8H,7,9H2,1H3. The van der Waals surface area contributed by atoms with Crippen molar-refractivity contribution in [1.82, 2.24) is 9.13 Å². The molecule has 142 valence electrons. The predicted octanol–water partition coefficient (Wildman–Crippen LogP) is 3.34. The molecule has 0 saturated heterocycles. The largest absolute Gasteiger partial charge is 0.457 e. The maximum atomic E-state index is 13.0. The van der Waals surface area contributed by atoms with Crippen molar-refractivity contribution in [3.63, 3.8) is 0 Å². The number of thiophene rings is 1.